The Morgan fingerprint density at radius 1 is 1.40 bits per heavy atom. The molecule has 2 heterocycles. The zero-order valence-corrected chi connectivity index (χ0v) is 12.4. The maximum Gasteiger partial charge on any atom is 0.317 e. The van der Waals surface area contributed by atoms with Crippen molar-refractivity contribution in [2.75, 3.05) is 19.6 Å². The number of morpholine rings is 1. The van der Waals surface area contributed by atoms with Gasteiger partial charge in [0.2, 0.25) is 0 Å². The zero-order valence-electron chi connectivity index (χ0n) is 12.4. The highest BCUT2D eigenvalue weighted by molar-refractivity contribution is 5.74. The molecule has 2 atom stereocenters. The molecule has 1 saturated heterocycles. The maximum atomic E-state index is 12.1. The third-order valence-corrected chi connectivity index (χ3v) is 3.37. The van der Waals surface area contributed by atoms with Crippen molar-refractivity contribution >= 4 is 6.03 Å². The van der Waals surface area contributed by atoms with E-state index < -0.39 is 0 Å². The van der Waals surface area contributed by atoms with Crippen LogP contribution < -0.4 is 5.32 Å². The van der Waals surface area contributed by atoms with Crippen LogP contribution in [0.2, 0.25) is 0 Å². The Morgan fingerprint density at radius 3 is 2.70 bits per heavy atom. The van der Waals surface area contributed by atoms with Crippen molar-refractivity contribution in [2.24, 2.45) is 0 Å². The lowest BCUT2D eigenvalue weighted by Crippen LogP contribution is -2.51. The fraction of sp³-hybridized carbons (Fsp3) is 0.600. The molecule has 1 aromatic heterocycles. The number of carbonyl (C=O) groups is 1. The van der Waals surface area contributed by atoms with Crippen molar-refractivity contribution < 1.29 is 9.53 Å². The Bertz CT molecular complexity index is 437. The molecule has 2 rings (SSSR count). The molecule has 2 amide bonds. The molecule has 0 saturated carbocycles. The molecule has 0 radical (unpaired) electrons. The monoisotopic (exact) mass is 277 g/mol. The fourth-order valence-corrected chi connectivity index (χ4v) is 2.42. The number of aromatic nitrogens is 1. The van der Waals surface area contributed by atoms with Crippen molar-refractivity contribution in [3.05, 3.63) is 29.6 Å². The Labute approximate surface area is 120 Å². The van der Waals surface area contributed by atoms with Gasteiger partial charge in [-0.25, -0.2) is 4.79 Å². The van der Waals surface area contributed by atoms with Crippen molar-refractivity contribution in [3.63, 3.8) is 0 Å². The molecule has 5 nitrogen and oxygen atoms in total. The number of aryl methyl sites for hydroxylation is 1. The van der Waals surface area contributed by atoms with Crippen LogP contribution >= 0.6 is 0 Å². The summed E-state index contributed by atoms with van der Waals surface area (Å²) in [6, 6.07) is 4.03. The third kappa shape index (κ3) is 4.20. The number of carbonyl (C=O) groups excluding carboxylic acids is 1. The fourth-order valence-electron chi connectivity index (χ4n) is 2.42. The quantitative estimate of drug-likeness (QED) is 0.916. The smallest absolute Gasteiger partial charge is 0.317 e. The average Bonchev–Trinajstić information content (AvgIpc) is 2.40. The highest BCUT2D eigenvalue weighted by Crippen LogP contribution is 2.10. The molecule has 0 bridgehead atoms. The van der Waals surface area contributed by atoms with Crippen LogP contribution in [-0.4, -0.2) is 47.8 Å². The van der Waals surface area contributed by atoms with Crippen LogP contribution in [0.25, 0.3) is 0 Å². The molecule has 1 aliphatic rings. The zero-order chi connectivity index (χ0) is 14.5. The third-order valence-electron chi connectivity index (χ3n) is 3.37. The minimum Gasteiger partial charge on any atom is -0.372 e. The molecule has 20 heavy (non-hydrogen) atoms. The van der Waals surface area contributed by atoms with Gasteiger partial charge in [-0.2, -0.15) is 0 Å². The van der Waals surface area contributed by atoms with Crippen LogP contribution in [0.3, 0.4) is 0 Å². The summed E-state index contributed by atoms with van der Waals surface area (Å²) >= 11 is 0. The first-order valence-corrected chi connectivity index (χ1v) is 7.14. The topological polar surface area (TPSA) is 54.5 Å². The second-order valence-corrected chi connectivity index (χ2v) is 5.45. The van der Waals surface area contributed by atoms with E-state index in [1.165, 1.54) is 0 Å². The Balaban J connectivity index is 1.76. The lowest BCUT2D eigenvalue weighted by Gasteiger charge is -2.35. The minimum absolute atomic E-state index is 0.00734. The van der Waals surface area contributed by atoms with Crippen molar-refractivity contribution in [3.8, 4) is 0 Å². The first-order valence-electron chi connectivity index (χ1n) is 7.14. The summed E-state index contributed by atoms with van der Waals surface area (Å²) in [7, 11) is 0. The van der Waals surface area contributed by atoms with Crippen LogP contribution in [0.15, 0.2) is 18.3 Å². The molecule has 1 aliphatic heterocycles. The summed E-state index contributed by atoms with van der Waals surface area (Å²) in [5.41, 5.74) is 2.15. The van der Waals surface area contributed by atoms with E-state index in [2.05, 4.69) is 10.3 Å². The first-order chi connectivity index (χ1) is 9.54. The summed E-state index contributed by atoms with van der Waals surface area (Å²) in [6.45, 7) is 7.89. The van der Waals surface area contributed by atoms with E-state index in [1.807, 2.05) is 44.0 Å². The lowest BCUT2D eigenvalue weighted by molar-refractivity contribution is -0.0544. The summed E-state index contributed by atoms with van der Waals surface area (Å²) in [5.74, 6) is 0. The van der Waals surface area contributed by atoms with E-state index in [1.54, 1.807) is 0 Å². The van der Waals surface area contributed by atoms with Crippen LogP contribution in [0.1, 0.15) is 25.1 Å². The molecule has 2 unspecified atom stereocenters. The highest BCUT2D eigenvalue weighted by Gasteiger charge is 2.25. The molecule has 5 heteroatoms. The van der Waals surface area contributed by atoms with Crippen LogP contribution in [0.5, 0.6) is 0 Å². The first kappa shape index (κ1) is 14.8. The van der Waals surface area contributed by atoms with Gasteiger partial charge in [-0.05, 0) is 38.8 Å². The van der Waals surface area contributed by atoms with Gasteiger partial charge in [-0.15, -0.1) is 0 Å². The number of hydrogen-bond donors (Lipinski definition) is 1. The van der Waals surface area contributed by atoms with Gasteiger partial charge in [0, 0.05) is 31.5 Å². The predicted molar refractivity (Wildman–Crippen MR) is 77.7 cm³/mol. The molecule has 110 valence electrons. The van der Waals surface area contributed by atoms with Gasteiger partial charge >= 0.3 is 6.03 Å². The van der Waals surface area contributed by atoms with E-state index >= 15 is 0 Å². The van der Waals surface area contributed by atoms with Crippen LogP contribution in [0, 0.1) is 6.92 Å². The molecule has 1 fully saturated rings. The Morgan fingerprint density at radius 2 is 2.10 bits per heavy atom. The van der Waals surface area contributed by atoms with Gasteiger partial charge < -0.3 is 15.0 Å². The number of rotatable bonds is 3. The lowest BCUT2D eigenvalue weighted by atomic mass is 10.2. The van der Waals surface area contributed by atoms with Gasteiger partial charge in [0.1, 0.15) is 0 Å². The number of hydrogen-bond acceptors (Lipinski definition) is 3. The molecule has 1 N–H and O–H groups in total. The number of nitrogens with zero attached hydrogens (tertiary/aromatic N) is 2. The normalized spacial score (nSPS) is 22.6. The number of pyridine rings is 1. The van der Waals surface area contributed by atoms with E-state index in [0.717, 1.165) is 17.7 Å². The Kier molecular flexibility index (Phi) is 4.95. The maximum absolute atomic E-state index is 12.1. The summed E-state index contributed by atoms with van der Waals surface area (Å²) in [5, 5.41) is 2.96. The Hall–Kier alpha value is -1.62. The van der Waals surface area contributed by atoms with Gasteiger partial charge in [-0.1, -0.05) is 6.07 Å². The van der Waals surface area contributed by atoms with E-state index in [9.17, 15) is 4.79 Å². The van der Waals surface area contributed by atoms with E-state index in [0.29, 0.717) is 19.6 Å². The van der Waals surface area contributed by atoms with Gasteiger partial charge in [0.15, 0.2) is 0 Å². The van der Waals surface area contributed by atoms with Crippen LogP contribution in [-0.2, 0) is 11.2 Å². The predicted octanol–water partition coefficient (Wildman–Crippen LogP) is 1.75. The highest BCUT2D eigenvalue weighted by atomic mass is 16.5. The SMILES string of the molecule is Cc1ccc(CCNC(=O)N2CC(C)OC(C)C2)cn1. The molecule has 0 spiro atoms. The summed E-state index contributed by atoms with van der Waals surface area (Å²) < 4.78 is 5.62. The van der Waals surface area contributed by atoms with E-state index in [4.69, 9.17) is 4.74 Å². The number of nitrogens with one attached hydrogen (secondary N) is 1. The molecule has 0 aromatic carbocycles. The number of amides is 2. The molecule has 1 aromatic rings. The second kappa shape index (κ2) is 6.70. The average molecular weight is 277 g/mol. The van der Waals surface area contributed by atoms with Gasteiger partial charge in [-0.3, -0.25) is 4.98 Å². The molecule has 0 aliphatic carbocycles. The second-order valence-electron chi connectivity index (χ2n) is 5.45. The van der Waals surface area contributed by atoms with Crippen molar-refractivity contribution in [1.82, 2.24) is 15.2 Å². The minimum atomic E-state index is -0.00734. The van der Waals surface area contributed by atoms with Gasteiger partial charge in [0.25, 0.3) is 0 Å². The van der Waals surface area contributed by atoms with Crippen molar-refractivity contribution in [1.29, 1.82) is 0 Å². The molecular weight excluding hydrogens is 254 g/mol. The van der Waals surface area contributed by atoms with E-state index in [-0.39, 0.29) is 18.2 Å². The van der Waals surface area contributed by atoms with Crippen LogP contribution in [0.4, 0.5) is 4.79 Å². The summed E-state index contributed by atoms with van der Waals surface area (Å²) in [6.07, 6.45) is 2.87. The number of ether oxygens (including phenoxy) is 1. The van der Waals surface area contributed by atoms with Gasteiger partial charge in [0.05, 0.1) is 12.2 Å². The number of urea groups is 1. The largest absolute Gasteiger partial charge is 0.372 e. The molecular formula is C15H23N3O2. The summed E-state index contributed by atoms with van der Waals surface area (Å²) in [4.78, 5) is 18.1. The van der Waals surface area contributed by atoms with Crippen molar-refractivity contribution in [2.45, 2.75) is 39.4 Å². The standard InChI is InChI=1S/C15H23N3O2/c1-11-4-5-14(8-17-11)6-7-16-15(19)18-9-12(2)20-13(3)10-18/h4-5,8,12-13H,6-7,9-10H2,1-3H3,(H,16,19).